The van der Waals surface area contributed by atoms with Crippen LogP contribution in [0.1, 0.15) is 102 Å². The SMILES string of the molecule is Cc1ccc(C2C(C)c3cccc(C(C)(C)C)c3OC2(C)C)cc1C(C)(C)C. The predicted octanol–water partition coefficient (Wildman–Crippen LogP) is 7.65. The highest BCUT2D eigenvalue weighted by molar-refractivity contribution is 5.51. The summed E-state index contributed by atoms with van der Waals surface area (Å²) in [5.74, 6) is 1.82. The van der Waals surface area contributed by atoms with E-state index in [9.17, 15) is 0 Å². The molecule has 0 bridgehead atoms. The molecule has 2 unspecified atom stereocenters. The average Bonchev–Trinajstić information content (AvgIpc) is 2.53. The van der Waals surface area contributed by atoms with E-state index < -0.39 is 0 Å². The molecule has 1 aliphatic rings. The zero-order valence-electron chi connectivity index (χ0n) is 19.5. The molecule has 0 radical (unpaired) electrons. The Morgan fingerprint density at radius 3 is 2.04 bits per heavy atom. The molecule has 1 heterocycles. The van der Waals surface area contributed by atoms with E-state index in [-0.39, 0.29) is 16.4 Å². The summed E-state index contributed by atoms with van der Waals surface area (Å²) in [6.07, 6.45) is 0. The highest BCUT2D eigenvalue weighted by Gasteiger charge is 2.44. The molecule has 0 amide bonds. The maximum absolute atomic E-state index is 6.77. The Balaban J connectivity index is 2.16. The minimum atomic E-state index is -0.266. The van der Waals surface area contributed by atoms with Gasteiger partial charge in [0.05, 0.1) is 0 Å². The van der Waals surface area contributed by atoms with Crippen molar-refractivity contribution in [3.63, 3.8) is 0 Å². The van der Waals surface area contributed by atoms with Crippen LogP contribution in [-0.2, 0) is 10.8 Å². The summed E-state index contributed by atoms with van der Waals surface area (Å²) in [6, 6.07) is 13.7. The molecule has 0 aromatic heterocycles. The number of benzene rings is 2. The van der Waals surface area contributed by atoms with Gasteiger partial charge in [-0.15, -0.1) is 0 Å². The fourth-order valence-electron chi connectivity index (χ4n) is 5.06. The maximum Gasteiger partial charge on any atom is 0.127 e. The minimum absolute atomic E-state index is 0.0667. The van der Waals surface area contributed by atoms with Crippen molar-refractivity contribution in [2.45, 2.75) is 97.5 Å². The van der Waals surface area contributed by atoms with Crippen molar-refractivity contribution < 1.29 is 4.74 Å². The van der Waals surface area contributed by atoms with Crippen LogP contribution in [0.15, 0.2) is 36.4 Å². The van der Waals surface area contributed by atoms with Gasteiger partial charge in [0, 0.05) is 5.92 Å². The second-order valence-corrected chi connectivity index (χ2v) is 11.3. The van der Waals surface area contributed by atoms with Crippen molar-refractivity contribution in [1.29, 1.82) is 0 Å². The molecule has 2 aromatic carbocycles. The third-order valence-electron chi connectivity index (χ3n) is 6.39. The zero-order valence-corrected chi connectivity index (χ0v) is 19.5. The average molecular weight is 379 g/mol. The van der Waals surface area contributed by atoms with Crippen LogP contribution in [0.4, 0.5) is 0 Å². The number of hydrogen-bond acceptors (Lipinski definition) is 1. The van der Waals surface area contributed by atoms with E-state index >= 15 is 0 Å². The molecule has 3 rings (SSSR count). The van der Waals surface area contributed by atoms with Gasteiger partial charge in [-0.3, -0.25) is 0 Å². The van der Waals surface area contributed by atoms with Crippen LogP contribution in [0.5, 0.6) is 5.75 Å². The Labute approximate surface area is 172 Å². The molecule has 28 heavy (non-hydrogen) atoms. The predicted molar refractivity (Wildman–Crippen MR) is 121 cm³/mol. The monoisotopic (exact) mass is 378 g/mol. The fourth-order valence-corrected chi connectivity index (χ4v) is 5.06. The summed E-state index contributed by atoms with van der Waals surface area (Å²) in [5, 5.41) is 0. The van der Waals surface area contributed by atoms with E-state index in [0.29, 0.717) is 11.8 Å². The molecule has 0 saturated heterocycles. The van der Waals surface area contributed by atoms with Gasteiger partial charge in [-0.1, -0.05) is 84.9 Å². The largest absolute Gasteiger partial charge is 0.487 e. The van der Waals surface area contributed by atoms with Crippen LogP contribution in [0.25, 0.3) is 0 Å². The number of hydrogen-bond donors (Lipinski definition) is 0. The van der Waals surface area contributed by atoms with Crippen molar-refractivity contribution in [1.82, 2.24) is 0 Å². The number of fused-ring (bicyclic) bond motifs is 1. The highest BCUT2D eigenvalue weighted by Crippen LogP contribution is 2.52. The summed E-state index contributed by atoms with van der Waals surface area (Å²) in [7, 11) is 0. The second kappa shape index (κ2) is 6.65. The summed E-state index contributed by atoms with van der Waals surface area (Å²) < 4.78 is 6.77. The molecule has 0 aliphatic carbocycles. The molecule has 1 heteroatoms. The van der Waals surface area contributed by atoms with E-state index in [4.69, 9.17) is 4.74 Å². The molecular weight excluding hydrogens is 340 g/mol. The third-order valence-corrected chi connectivity index (χ3v) is 6.39. The first-order valence-corrected chi connectivity index (χ1v) is 10.7. The minimum Gasteiger partial charge on any atom is -0.487 e. The summed E-state index contributed by atoms with van der Waals surface area (Å²) >= 11 is 0. The van der Waals surface area contributed by atoms with Crippen LogP contribution in [0, 0.1) is 6.92 Å². The standard InChI is InChI=1S/C27H38O/c1-17-14-15-19(16-22(17)26(6,7)8)23-18(2)20-12-11-13-21(25(3,4)5)24(20)28-27(23,9)10/h11-16,18,23H,1-10H3. The van der Waals surface area contributed by atoms with Gasteiger partial charge in [-0.05, 0) is 65.3 Å². The molecule has 152 valence electrons. The normalized spacial score (nSPS) is 21.8. The maximum atomic E-state index is 6.77. The molecule has 0 saturated carbocycles. The molecule has 0 spiro atoms. The number of para-hydroxylation sites is 1. The van der Waals surface area contributed by atoms with E-state index in [1.807, 2.05) is 0 Å². The Morgan fingerprint density at radius 2 is 1.46 bits per heavy atom. The van der Waals surface area contributed by atoms with Gasteiger partial charge in [-0.2, -0.15) is 0 Å². The van der Waals surface area contributed by atoms with Crippen LogP contribution in [0.2, 0.25) is 0 Å². The third kappa shape index (κ3) is 3.61. The van der Waals surface area contributed by atoms with Gasteiger partial charge in [0.25, 0.3) is 0 Å². The highest BCUT2D eigenvalue weighted by atomic mass is 16.5. The molecule has 1 nitrogen and oxygen atoms in total. The number of ether oxygens (including phenoxy) is 1. The number of rotatable bonds is 1. The summed E-state index contributed by atoms with van der Waals surface area (Å²) in [5.41, 5.74) is 6.78. The van der Waals surface area contributed by atoms with Crippen LogP contribution in [0.3, 0.4) is 0 Å². The first-order chi connectivity index (χ1) is 12.7. The molecule has 0 N–H and O–H groups in total. The van der Waals surface area contributed by atoms with Gasteiger partial charge in [0.1, 0.15) is 11.4 Å². The van der Waals surface area contributed by atoms with Crippen molar-refractivity contribution in [3.8, 4) is 5.75 Å². The van der Waals surface area contributed by atoms with E-state index in [1.54, 1.807) is 0 Å². The van der Waals surface area contributed by atoms with Gasteiger partial charge in [0.15, 0.2) is 0 Å². The van der Waals surface area contributed by atoms with Crippen molar-refractivity contribution in [2.24, 2.45) is 0 Å². The van der Waals surface area contributed by atoms with Gasteiger partial charge in [-0.25, -0.2) is 0 Å². The van der Waals surface area contributed by atoms with Crippen molar-refractivity contribution in [3.05, 3.63) is 64.2 Å². The lowest BCUT2D eigenvalue weighted by atomic mass is 9.69. The summed E-state index contributed by atoms with van der Waals surface area (Å²) in [6.45, 7) is 22.8. The van der Waals surface area contributed by atoms with Crippen LogP contribution in [-0.4, -0.2) is 5.60 Å². The lowest BCUT2D eigenvalue weighted by molar-refractivity contribution is 0.0476. The molecule has 0 fully saturated rings. The van der Waals surface area contributed by atoms with Gasteiger partial charge < -0.3 is 4.74 Å². The second-order valence-electron chi connectivity index (χ2n) is 11.3. The molecule has 1 aliphatic heterocycles. The quantitative estimate of drug-likeness (QED) is 0.495. The smallest absolute Gasteiger partial charge is 0.127 e. The van der Waals surface area contributed by atoms with Crippen LogP contribution < -0.4 is 4.74 Å². The van der Waals surface area contributed by atoms with Gasteiger partial charge in [0.2, 0.25) is 0 Å². The Hall–Kier alpha value is -1.76. The molecular formula is C27H38O. The lowest BCUT2D eigenvalue weighted by Gasteiger charge is -2.46. The van der Waals surface area contributed by atoms with E-state index in [0.717, 1.165) is 5.75 Å². The Kier molecular flexibility index (Phi) is 4.97. The molecule has 2 aromatic rings. The van der Waals surface area contributed by atoms with Gasteiger partial charge >= 0.3 is 0 Å². The first kappa shape index (κ1) is 21.0. The van der Waals surface area contributed by atoms with Crippen molar-refractivity contribution >= 4 is 0 Å². The lowest BCUT2D eigenvalue weighted by Crippen LogP contribution is -2.43. The van der Waals surface area contributed by atoms with Crippen LogP contribution >= 0.6 is 0 Å². The Bertz CT molecular complexity index is 874. The molecule has 2 atom stereocenters. The Morgan fingerprint density at radius 1 is 0.857 bits per heavy atom. The van der Waals surface area contributed by atoms with E-state index in [2.05, 4.69) is 106 Å². The first-order valence-electron chi connectivity index (χ1n) is 10.7. The van der Waals surface area contributed by atoms with Crippen molar-refractivity contribution in [2.75, 3.05) is 0 Å². The zero-order chi connectivity index (χ0) is 21.1. The van der Waals surface area contributed by atoms with E-state index in [1.165, 1.54) is 27.8 Å². The number of aryl methyl sites for hydroxylation is 1. The topological polar surface area (TPSA) is 9.23 Å². The summed E-state index contributed by atoms with van der Waals surface area (Å²) in [4.78, 5) is 0. The fraction of sp³-hybridized carbons (Fsp3) is 0.556.